The van der Waals surface area contributed by atoms with Gasteiger partial charge in [0, 0.05) is 18.0 Å². The first kappa shape index (κ1) is 14.3. The number of hydrogen-bond donors (Lipinski definition) is 2. The molecule has 2 heterocycles. The molecule has 3 aromatic rings. The first-order valence-corrected chi connectivity index (χ1v) is 7.04. The van der Waals surface area contributed by atoms with Gasteiger partial charge in [0.15, 0.2) is 0 Å². The van der Waals surface area contributed by atoms with Crippen molar-refractivity contribution in [1.82, 2.24) is 15.2 Å². The van der Waals surface area contributed by atoms with E-state index < -0.39 is 0 Å². The first-order chi connectivity index (χ1) is 10.6. The maximum Gasteiger partial charge on any atom is 0.273 e. The van der Waals surface area contributed by atoms with E-state index >= 15 is 0 Å². The van der Waals surface area contributed by atoms with E-state index in [0.29, 0.717) is 22.1 Å². The lowest BCUT2D eigenvalue weighted by Crippen LogP contribution is -2.12. The molecule has 1 aromatic carbocycles. The summed E-state index contributed by atoms with van der Waals surface area (Å²) >= 11 is 6.11. The van der Waals surface area contributed by atoms with Gasteiger partial charge in [-0.15, -0.1) is 0 Å². The van der Waals surface area contributed by atoms with Gasteiger partial charge >= 0.3 is 0 Å². The highest BCUT2D eigenvalue weighted by Crippen LogP contribution is 2.23. The fraction of sp³-hybridized carbons (Fsp3) is 0.0625. The van der Waals surface area contributed by atoms with Crippen LogP contribution in [0.4, 0.5) is 5.69 Å². The quantitative estimate of drug-likeness (QED) is 0.775. The number of anilines is 1. The number of hydrogen-bond acceptors (Lipinski definition) is 3. The summed E-state index contributed by atoms with van der Waals surface area (Å²) in [5, 5.41) is 10.1. The van der Waals surface area contributed by atoms with Gasteiger partial charge in [0.25, 0.3) is 5.91 Å². The third-order valence-corrected chi connectivity index (χ3v) is 3.48. The van der Waals surface area contributed by atoms with E-state index in [1.54, 1.807) is 30.6 Å². The van der Waals surface area contributed by atoms with Crippen LogP contribution in [0.5, 0.6) is 0 Å². The van der Waals surface area contributed by atoms with E-state index in [2.05, 4.69) is 20.5 Å². The van der Waals surface area contributed by atoms with Gasteiger partial charge in [-0.25, -0.2) is 0 Å². The number of aromatic amines is 1. The summed E-state index contributed by atoms with van der Waals surface area (Å²) in [5.74, 6) is -0.293. The number of nitrogens with one attached hydrogen (secondary N) is 2. The van der Waals surface area contributed by atoms with Crippen LogP contribution in [0.2, 0.25) is 5.02 Å². The van der Waals surface area contributed by atoms with Crippen LogP contribution in [0.25, 0.3) is 11.3 Å². The molecule has 3 rings (SSSR count). The predicted molar refractivity (Wildman–Crippen MR) is 86.0 cm³/mol. The fourth-order valence-electron chi connectivity index (χ4n) is 2.02. The second-order valence-corrected chi connectivity index (χ2v) is 5.25. The normalized spacial score (nSPS) is 10.5. The van der Waals surface area contributed by atoms with Gasteiger partial charge in [0.2, 0.25) is 0 Å². The molecule has 0 aliphatic rings. The summed E-state index contributed by atoms with van der Waals surface area (Å²) in [6.45, 7) is 1.94. The van der Waals surface area contributed by atoms with Gasteiger partial charge in [0.05, 0.1) is 16.4 Å². The molecular weight excluding hydrogens is 300 g/mol. The van der Waals surface area contributed by atoms with Crippen molar-refractivity contribution in [3.63, 3.8) is 0 Å². The average molecular weight is 313 g/mol. The minimum atomic E-state index is -0.293. The zero-order chi connectivity index (χ0) is 15.5. The number of carbonyl (C=O) groups is 1. The highest BCUT2D eigenvalue weighted by molar-refractivity contribution is 6.34. The Morgan fingerprint density at radius 1 is 1.18 bits per heavy atom. The average Bonchev–Trinajstić information content (AvgIpc) is 3.01. The highest BCUT2D eigenvalue weighted by atomic mass is 35.5. The molecule has 0 saturated carbocycles. The van der Waals surface area contributed by atoms with Crippen molar-refractivity contribution in [2.75, 3.05) is 5.32 Å². The molecule has 2 N–H and O–H groups in total. The Bertz CT molecular complexity index is 814. The zero-order valence-electron chi connectivity index (χ0n) is 11.8. The summed E-state index contributed by atoms with van der Waals surface area (Å²) in [6, 6.07) is 10.8. The summed E-state index contributed by atoms with van der Waals surface area (Å²) in [7, 11) is 0. The third kappa shape index (κ3) is 2.99. The van der Waals surface area contributed by atoms with Crippen molar-refractivity contribution in [2.45, 2.75) is 6.92 Å². The minimum absolute atomic E-state index is 0.293. The third-order valence-electron chi connectivity index (χ3n) is 3.17. The standard InChI is InChI=1S/C16H13ClN4O/c1-10-2-3-13(12(17)8-10)19-16(22)15-9-14(20-21-15)11-4-6-18-7-5-11/h2-9H,1H3,(H,19,22)(H,20,21). The number of amides is 1. The van der Waals surface area contributed by atoms with Crippen LogP contribution in [0, 0.1) is 6.92 Å². The number of nitrogens with zero attached hydrogens (tertiary/aromatic N) is 2. The molecule has 0 fully saturated rings. The summed E-state index contributed by atoms with van der Waals surface area (Å²) < 4.78 is 0. The van der Waals surface area contributed by atoms with Crippen molar-refractivity contribution in [1.29, 1.82) is 0 Å². The summed E-state index contributed by atoms with van der Waals surface area (Å²) in [6.07, 6.45) is 3.35. The molecule has 5 nitrogen and oxygen atoms in total. The van der Waals surface area contributed by atoms with Gasteiger partial charge in [-0.1, -0.05) is 17.7 Å². The second kappa shape index (κ2) is 5.99. The van der Waals surface area contributed by atoms with Gasteiger partial charge in [-0.2, -0.15) is 5.10 Å². The monoisotopic (exact) mass is 312 g/mol. The molecule has 22 heavy (non-hydrogen) atoms. The minimum Gasteiger partial charge on any atom is -0.319 e. The van der Waals surface area contributed by atoms with E-state index in [4.69, 9.17) is 11.6 Å². The number of aromatic nitrogens is 3. The first-order valence-electron chi connectivity index (χ1n) is 6.67. The molecule has 0 aliphatic heterocycles. The van der Waals surface area contributed by atoms with Crippen LogP contribution in [0.1, 0.15) is 16.1 Å². The molecule has 0 bridgehead atoms. The lowest BCUT2D eigenvalue weighted by Gasteiger charge is -2.06. The number of pyridine rings is 1. The molecule has 0 aliphatic carbocycles. The molecule has 6 heteroatoms. The van der Waals surface area contributed by atoms with Crippen LogP contribution in [0.15, 0.2) is 48.8 Å². The number of benzene rings is 1. The molecule has 110 valence electrons. The van der Waals surface area contributed by atoms with Crippen LogP contribution in [-0.2, 0) is 0 Å². The van der Waals surface area contributed by atoms with E-state index in [1.165, 1.54) is 0 Å². The molecule has 0 unspecified atom stereocenters. The number of aryl methyl sites for hydroxylation is 1. The van der Waals surface area contributed by atoms with Crippen molar-refractivity contribution in [2.24, 2.45) is 0 Å². The predicted octanol–water partition coefficient (Wildman–Crippen LogP) is 3.69. The Morgan fingerprint density at radius 3 is 2.68 bits per heavy atom. The lowest BCUT2D eigenvalue weighted by molar-refractivity contribution is 0.102. The fourth-order valence-corrected chi connectivity index (χ4v) is 2.30. The van der Waals surface area contributed by atoms with Gasteiger partial charge < -0.3 is 5.32 Å². The number of H-pyrrole nitrogens is 1. The van der Waals surface area contributed by atoms with Crippen LogP contribution in [-0.4, -0.2) is 21.1 Å². The van der Waals surface area contributed by atoms with E-state index in [1.807, 2.05) is 25.1 Å². The topological polar surface area (TPSA) is 70.7 Å². The van der Waals surface area contributed by atoms with Crippen LogP contribution >= 0.6 is 11.6 Å². The zero-order valence-corrected chi connectivity index (χ0v) is 12.6. The molecule has 0 spiro atoms. The van der Waals surface area contributed by atoms with Gasteiger partial charge in [-0.05, 0) is 42.8 Å². The summed E-state index contributed by atoms with van der Waals surface area (Å²) in [5.41, 5.74) is 3.53. The second-order valence-electron chi connectivity index (χ2n) is 4.84. The van der Waals surface area contributed by atoms with Gasteiger partial charge in [0.1, 0.15) is 5.69 Å². The Kier molecular flexibility index (Phi) is 3.89. The van der Waals surface area contributed by atoms with Gasteiger partial charge in [-0.3, -0.25) is 14.9 Å². The number of halogens is 1. The maximum atomic E-state index is 12.2. The van der Waals surface area contributed by atoms with Crippen LogP contribution < -0.4 is 5.32 Å². The number of rotatable bonds is 3. The summed E-state index contributed by atoms with van der Waals surface area (Å²) in [4.78, 5) is 16.2. The van der Waals surface area contributed by atoms with Crippen LogP contribution in [0.3, 0.4) is 0 Å². The SMILES string of the molecule is Cc1ccc(NC(=O)c2cc(-c3ccncc3)n[nH]2)c(Cl)c1. The van der Waals surface area contributed by atoms with Crippen molar-refractivity contribution in [3.05, 3.63) is 65.1 Å². The van der Waals surface area contributed by atoms with Crippen molar-refractivity contribution in [3.8, 4) is 11.3 Å². The molecule has 0 saturated heterocycles. The molecular formula is C16H13ClN4O. The Morgan fingerprint density at radius 2 is 1.95 bits per heavy atom. The molecule has 0 atom stereocenters. The molecule has 1 amide bonds. The number of carbonyl (C=O) groups excluding carboxylic acids is 1. The van der Waals surface area contributed by atoms with Crippen molar-refractivity contribution < 1.29 is 4.79 Å². The van der Waals surface area contributed by atoms with Crippen molar-refractivity contribution >= 4 is 23.2 Å². The molecule has 2 aromatic heterocycles. The van der Waals surface area contributed by atoms with E-state index in [0.717, 1.165) is 11.1 Å². The smallest absolute Gasteiger partial charge is 0.273 e. The lowest BCUT2D eigenvalue weighted by atomic mass is 10.2. The Labute approximate surface area is 132 Å². The largest absolute Gasteiger partial charge is 0.319 e. The van der Waals surface area contributed by atoms with E-state index in [-0.39, 0.29) is 5.91 Å². The highest BCUT2D eigenvalue weighted by Gasteiger charge is 2.12. The molecule has 0 radical (unpaired) electrons. The Balaban J connectivity index is 1.80. The van der Waals surface area contributed by atoms with E-state index in [9.17, 15) is 4.79 Å². The maximum absolute atomic E-state index is 12.2. The Hall–Kier alpha value is -2.66.